The van der Waals surface area contributed by atoms with Gasteiger partial charge in [0.1, 0.15) is 11.2 Å². The van der Waals surface area contributed by atoms with E-state index in [-0.39, 0.29) is 10.7 Å². The van der Waals surface area contributed by atoms with Crippen LogP contribution in [0.25, 0.3) is 0 Å². The van der Waals surface area contributed by atoms with E-state index in [9.17, 15) is 8.42 Å². The Bertz CT molecular complexity index is 626. The van der Waals surface area contributed by atoms with Crippen molar-refractivity contribution in [1.29, 1.82) is 0 Å². The lowest BCUT2D eigenvalue weighted by molar-refractivity contribution is 0.423. The van der Waals surface area contributed by atoms with E-state index in [1.54, 1.807) is 12.1 Å². The fourth-order valence-corrected chi connectivity index (χ4v) is 3.64. The van der Waals surface area contributed by atoms with E-state index >= 15 is 0 Å². The van der Waals surface area contributed by atoms with E-state index in [4.69, 9.17) is 0 Å². The average molecular weight is 382 g/mol. The summed E-state index contributed by atoms with van der Waals surface area (Å²) in [6.45, 7) is 0. The molecule has 0 saturated heterocycles. The van der Waals surface area contributed by atoms with Crippen LogP contribution < -0.4 is 4.72 Å². The number of sulfonamides is 1. The molecule has 1 aromatic carbocycles. The van der Waals surface area contributed by atoms with Gasteiger partial charge >= 0.3 is 0 Å². The van der Waals surface area contributed by atoms with Crippen LogP contribution in [-0.2, 0) is 10.0 Å². The summed E-state index contributed by atoms with van der Waals surface area (Å²) in [5, 5.41) is 3.49. The molecular formula is C9H6Br2N2O3S. The van der Waals surface area contributed by atoms with Gasteiger partial charge in [0, 0.05) is 15.0 Å². The highest BCUT2D eigenvalue weighted by atomic mass is 79.9. The quantitative estimate of drug-likeness (QED) is 0.886. The van der Waals surface area contributed by atoms with Gasteiger partial charge in [-0.05, 0) is 34.1 Å². The molecule has 0 aliphatic rings. The molecule has 17 heavy (non-hydrogen) atoms. The second-order valence-corrected chi connectivity index (χ2v) is 6.49. The number of nitrogens with one attached hydrogen (secondary N) is 1. The number of hydrogen-bond donors (Lipinski definition) is 1. The van der Waals surface area contributed by atoms with Gasteiger partial charge in [-0.1, -0.05) is 21.1 Å². The molecule has 2 rings (SSSR count). The highest BCUT2D eigenvalue weighted by molar-refractivity contribution is 9.11. The Morgan fingerprint density at radius 1 is 1.24 bits per heavy atom. The van der Waals surface area contributed by atoms with Crippen LogP contribution in [0.2, 0.25) is 0 Å². The summed E-state index contributed by atoms with van der Waals surface area (Å²) in [7, 11) is -3.69. The maximum atomic E-state index is 12.0. The van der Waals surface area contributed by atoms with Crippen LogP contribution in [0.1, 0.15) is 0 Å². The lowest BCUT2D eigenvalue weighted by atomic mass is 10.4. The SMILES string of the molecule is O=S(=O)(Nc1ccon1)c1cc(Br)ccc1Br. The van der Waals surface area contributed by atoms with Crippen LogP contribution in [0, 0.1) is 0 Å². The van der Waals surface area contributed by atoms with Gasteiger partial charge in [0.25, 0.3) is 10.0 Å². The molecule has 90 valence electrons. The number of halogens is 2. The number of benzene rings is 1. The van der Waals surface area contributed by atoms with Gasteiger partial charge in [0.05, 0.1) is 0 Å². The summed E-state index contributed by atoms with van der Waals surface area (Å²) in [5.41, 5.74) is 0. The molecule has 0 atom stereocenters. The first-order valence-electron chi connectivity index (χ1n) is 4.37. The summed E-state index contributed by atoms with van der Waals surface area (Å²) < 4.78 is 32.0. The van der Waals surface area contributed by atoms with E-state index in [0.717, 1.165) is 0 Å². The normalized spacial score (nSPS) is 11.4. The molecule has 0 fully saturated rings. The van der Waals surface area contributed by atoms with Crippen LogP contribution in [0.3, 0.4) is 0 Å². The molecule has 1 N–H and O–H groups in total. The van der Waals surface area contributed by atoms with Gasteiger partial charge in [-0.2, -0.15) is 0 Å². The van der Waals surface area contributed by atoms with Crippen molar-refractivity contribution in [2.75, 3.05) is 4.72 Å². The minimum atomic E-state index is -3.69. The lowest BCUT2D eigenvalue weighted by Gasteiger charge is -2.07. The van der Waals surface area contributed by atoms with Crippen molar-refractivity contribution in [3.05, 3.63) is 39.5 Å². The zero-order valence-corrected chi connectivity index (χ0v) is 12.2. The Kier molecular flexibility index (Phi) is 3.55. The van der Waals surface area contributed by atoms with Crippen molar-refractivity contribution >= 4 is 47.7 Å². The maximum absolute atomic E-state index is 12.0. The topological polar surface area (TPSA) is 72.2 Å². The van der Waals surface area contributed by atoms with E-state index in [0.29, 0.717) is 8.95 Å². The molecule has 0 aliphatic carbocycles. The summed E-state index contributed by atoms with van der Waals surface area (Å²) in [5.74, 6) is 0.136. The molecule has 0 spiro atoms. The molecule has 0 radical (unpaired) electrons. The largest absolute Gasteiger partial charge is 0.363 e. The third-order valence-corrected chi connectivity index (χ3v) is 4.70. The first-order valence-corrected chi connectivity index (χ1v) is 7.44. The number of anilines is 1. The Balaban J connectivity index is 2.41. The van der Waals surface area contributed by atoms with Crippen LogP contribution >= 0.6 is 31.9 Å². The Labute approximate surface area is 114 Å². The van der Waals surface area contributed by atoms with Crippen molar-refractivity contribution < 1.29 is 12.9 Å². The molecule has 8 heteroatoms. The van der Waals surface area contributed by atoms with Crippen molar-refractivity contribution in [2.45, 2.75) is 4.90 Å². The van der Waals surface area contributed by atoms with Gasteiger partial charge in [0.15, 0.2) is 5.82 Å². The number of nitrogens with zero attached hydrogens (tertiary/aromatic N) is 1. The lowest BCUT2D eigenvalue weighted by Crippen LogP contribution is -2.13. The van der Waals surface area contributed by atoms with Gasteiger partial charge < -0.3 is 4.52 Å². The van der Waals surface area contributed by atoms with E-state index in [1.165, 1.54) is 18.4 Å². The van der Waals surface area contributed by atoms with Crippen molar-refractivity contribution in [3.8, 4) is 0 Å². The molecule has 0 unspecified atom stereocenters. The molecular weight excluding hydrogens is 376 g/mol. The standard InChI is InChI=1S/C9H6Br2N2O3S/c10-6-1-2-7(11)8(5-6)17(14,15)13-9-3-4-16-12-9/h1-5H,(H,12,13). The maximum Gasteiger partial charge on any atom is 0.264 e. The van der Waals surface area contributed by atoms with Crippen LogP contribution in [0.4, 0.5) is 5.82 Å². The smallest absolute Gasteiger partial charge is 0.264 e. The van der Waals surface area contributed by atoms with Gasteiger partial charge in [-0.25, -0.2) is 8.42 Å². The summed E-state index contributed by atoms with van der Waals surface area (Å²) in [6, 6.07) is 6.29. The highest BCUT2D eigenvalue weighted by Gasteiger charge is 2.19. The molecule has 0 amide bonds. The molecule has 0 bridgehead atoms. The van der Waals surface area contributed by atoms with E-state index in [1.807, 2.05) is 0 Å². The average Bonchev–Trinajstić information content (AvgIpc) is 2.73. The van der Waals surface area contributed by atoms with Crippen molar-refractivity contribution in [2.24, 2.45) is 0 Å². The van der Waals surface area contributed by atoms with Crippen LogP contribution in [0.5, 0.6) is 0 Å². The Morgan fingerprint density at radius 2 is 2.00 bits per heavy atom. The fourth-order valence-electron chi connectivity index (χ4n) is 1.14. The predicted molar refractivity (Wildman–Crippen MR) is 69.2 cm³/mol. The first kappa shape index (κ1) is 12.6. The zero-order chi connectivity index (χ0) is 12.5. The minimum absolute atomic E-state index is 0.120. The molecule has 5 nitrogen and oxygen atoms in total. The molecule has 1 heterocycles. The minimum Gasteiger partial charge on any atom is -0.363 e. The van der Waals surface area contributed by atoms with E-state index < -0.39 is 10.0 Å². The van der Waals surface area contributed by atoms with Crippen LogP contribution in [0.15, 0.2) is 48.9 Å². The highest BCUT2D eigenvalue weighted by Crippen LogP contribution is 2.26. The molecule has 1 aromatic heterocycles. The molecule has 2 aromatic rings. The van der Waals surface area contributed by atoms with Gasteiger partial charge in [-0.15, -0.1) is 0 Å². The molecule has 0 aliphatic heterocycles. The third-order valence-electron chi connectivity index (χ3n) is 1.86. The van der Waals surface area contributed by atoms with E-state index in [2.05, 4.69) is 46.3 Å². The van der Waals surface area contributed by atoms with Gasteiger partial charge in [0.2, 0.25) is 0 Å². The number of rotatable bonds is 3. The third kappa shape index (κ3) is 2.88. The summed E-state index contributed by atoms with van der Waals surface area (Å²) >= 11 is 6.41. The predicted octanol–water partition coefficient (Wildman–Crippen LogP) is 3.00. The van der Waals surface area contributed by atoms with Gasteiger partial charge in [-0.3, -0.25) is 4.72 Å². The molecule has 0 saturated carbocycles. The summed E-state index contributed by atoms with van der Waals surface area (Å²) in [4.78, 5) is 0.120. The second-order valence-electron chi connectivity index (χ2n) is 3.06. The fraction of sp³-hybridized carbons (Fsp3) is 0. The van der Waals surface area contributed by atoms with Crippen molar-refractivity contribution in [3.63, 3.8) is 0 Å². The Morgan fingerprint density at radius 3 is 2.65 bits per heavy atom. The number of hydrogen-bond acceptors (Lipinski definition) is 4. The van der Waals surface area contributed by atoms with Crippen LogP contribution in [-0.4, -0.2) is 13.6 Å². The Hall–Kier alpha value is -0.860. The second kappa shape index (κ2) is 4.79. The summed E-state index contributed by atoms with van der Waals surface area (Å²) in [6.07, 6.45) is 1.29. The first-order chi connectivity index (χ1) is 7.99. The monoisotopic (exact) mass is 380 g/mol. The van der Waals surface area contributed by atoms with Crippen molar-refractivity contribution in [1.82, 2.24) is 5.16 Å². The zero-order valence-electron chi connectivity index (χ0n) is 8.22. The number of aromatic nitrogens is 1.